The standard InChI is InChI=1S/C6H13N.ClH/c1-4-5-6(2,3)7;/h4H,1,5,7H2,2-3H3;1H. The molecule has 0 saturated heterocycles. The van der Waals surface area contributed by atoms with Gasteiger partial charge in [0.2, 0.25) is 0 Å². The molecule has 8 heavy (non-hydrogen) atoms. The van der Waals surface area contributed by atoms with Crippen LogP contribution in [-0.2, 0) is 0 Å². The van der Waals surface area contributed by atoms with Gasteiger partial charge in [0.25, 0.3) is 0 Å². The maximum atomic E-state index is 5.57. The molecule has 1 nitrogen and oxygen atoms in total. The molecule has 0 radical (unpaired) electrons. The highest BCUT2D eigenvalue weighted by atomic mass is 35.5. The van der Waals surface area contributed by atoms with Crippen LogP contribution >= 0.6 is 12.4 Å². The first kappa shape index (κ1) is 10.9. The summed E-state index contributed by atoms with van der Waals surface area (Å²) in [6.07, 6.45) is 2.72. The van der Waals surface area contributed by atoms with Crippen LogP contribution in [-0.4, -0.2) is 5.54 Å². The average Bonchev–Trinajstić information content (AvgIpc) is 1.30. The Labute approximate surface area is 57.4 Å². The second kappa shape index (κ2) is 3.93. The minimum absolute atomic E-state index is 0. The van der Waals surface area contributed by atoms with Crippen LogP contribution in [0.1, 0.15) is 20.3 Å². The Balaban J connectivity index is 0. The van der Waals surface area contributed by atoms with Gasteiger partial charge >= 0.3 is 0 Å². The van der Waals surface area contributed by atoms with E-state index >= 15 is 0 Å². The summed E-state index contributed by atoms with van der Waals surface area (Å²) < 4.78 is 0. The zero-order valence-corrected chi connectivity index (χ0v) is 6.29. The SMILES string of the molecule is C=CCC(C)(C)N.Cl. The number of nitrogens with two attached hydrogens (primary N) is 1. The summed E-state index contributed by atoms with van der Waals surface area (Å²) in [5, 5.41) is 0. The molecule has 0 aliphatic heterocycles. The smallest absolute Gasteiger partial charge is 0.0132 e. The Bertz CT molecular complexity index is 63.4. The van der Waals surface area contributed by atoms with E-state index in [1.807, 2.05) is 19.9 Å². The molecule has 0 atom stereocenters. The normalized spacial score (nSPS) is 9.88. The van der Waals surface area contributed by atoms with E-state index in [0.29, 0.717) is 0 Å². The minimum atomic E-state index is -0.0677. The third-order valence-corrected chi connectivity index (χ3v) is 0.670. The van der Waals surface area contributed by atoms with Crippen LogP contribution in [0.3, 0.4) is 0 Å². The summed E-state index contributed by atoms with van der Waals surface area (Å²) >= 11 is 0. The molecule has 0 amide bonds. The molecule has 0 aromatic heterocycles. The van der Waals surface area contributed by atoms with Crippen LogP contribution in [0, 0.1) is 0 Å². The molecular formula is C6H14ClN. The third-order valence-electron chi connectivity index (χ3n) is 0.670. The van der Waals surface area contributed by atoms with Gasteiger partial charge in [0, 0.05) is 5.54 Å². The molecule has 50 valence electrons. The van der Waals surface area contributed by atoms with Crippen molar-refractivity contribution in [3.8, 4) is 0 Å². The quantitative estimate of drug-likeness (QED) is 0.574. The van der Waals surface area contributed by atoms with Gasteiger partial charge in [-0.25, -0.2) is 0 Å². The summed E-state index contributed by atoms with van der Waals surface area (Å²) in [6, 6.07) is 0. The topological polar surface area (TPSA) is 26.0 Å². The summed E-state index contributed by atoms with van der Waals surface area (Å²) in [6.45, 7) is 7.53. The van der Waals surface area contributed by atoms with Crippen molar-refractivity contribution in [1.82, 2.24) is 0 Å². The highest BCUT2D eigenvalue weighted by Gasteiger charge is 2.05. The lowest BCUT2D eigenvalue weighted by Gasteiger charge is -2.13. The molecule has 0 saturated carbocycles. The molecule has 0 aliphatic carbocycles. The molecule has 0 fully saturated rings. The summed E-state index contributed by atoms with van der Waals surface area (Å²) in [7, 11) is 0. The number of rotatable bonds is 2. The Kier molecular flexibility index (Phi) is 5.34. The van der Waals surface area contributed by atoms with E-state index in [-0.39, 0.29) is 17.9 Å². The monoisotopic (exact) mass is 135 g/mol. The van der Waals surface area contributed by atoms with E-state index in [1.54, 1.807) is 0 Å². The molecule has 2 heteroatoms. The van der Waals surface area contributed by atoms with Crippen LogP contribution in [0.5, 0.6) is 0 Å². The fraction of sp³-hybridized carbons (Fsp3) is 0.667. The van der Waals surface area contributed by atoms with Crippen molar-refractivity contribution in [3.63, 3.8) is 0 Å². The molecule has 0 bridgehead atoms. The molecule has 0 aliphatic rings. The average molecular weight is 136 g/mol. The third kappa shape index (κ3) is 9.37. The highest BCUT2D eigenvalue weighted by Crippen LogP contribution is 2.01. The fourth-order valence-electron chi connectivity index (χ4n) is 0.372. The second-order valence-electron chi connectivity index (χ2n) is 2.48. The maximum absolute atomic E-state index is 5.57. The highest BCUT2D eigenvalue weighted by molar-refractivity contribution is 5.85. The van der Waals surface area contributed by atoms with Gasteiger partial charge in [-0.05, 0) is 20.3 Å². The fourth-order valence-corrected chi connectivity index (χ4v) is 0.372. The van der Waals surface area contributed by atoms with E-state index in [9.17, 15) is 0 Å². The largest absolute Gasteiger partial charge is 0.325 e. The van der Waals surface area contributed by atoms with Crippen molar-refractivity contribution in [2.75, 3.05) is 0 Å². The Morgan fingerprint density at radius 1 is 1.62 bits per heavy atom. The summed E-state index contributed by atoms with van der Waals surface area (Å²) in [5.41, 5.74) is 5.51. The summed E-state index contributed by atoms with van der Waals surface area (Å²) in [5.74, 6) is 0. The van der Waals surface area contributed by atoms with E-state index in [1.165, 1.54) is 0 Å². The van der Waals surface area contributed by atoms with Crippen LogP contribution < -0.4 is 5.73 Å². The first-order chi connectivity index (χ1) is 3.06. The molecular weight excluding hydrogens is 122 g/mol. The zero-order valence-electron chi connectivity index (χ0n) is 5.48. The van der Waals surface area contributed by atoms with Crippen LogP contribution in [0.2, 0.25) is 0 Å². The number of halogens is 1. The van der Waals surface area contributed by atoms with E-state index in [2.05, 4.69) is 6.58 Å². The van der Waals surface area contributed by atoms with Gasteiger partial charge in [-0.15, -0.1) is 19.0 Å². The van der Waals surface area contributed by atoms with Gasteiger partial charge in [-0.2, -0.15) is 0 Å². The van der Waals surface area contributed by atoms with E-state index < -0.39 is 0 Å². The van der Waals surface area contributed by atoms with Crippen molar-refractivity contribution >= 4 is 12.4 Å². The maximum Gasteiger partial charge on any atom is 0.0132 e. The zero-order chi connectivity index (χ0) is 5.91. The van der Waals surface area contributed by atoms with Gasteiger partial charge in [0.05, 0.1) is 0 Å². The molecule has 2 N–H and O–H groups in total. The summed E-state index contributed by atoms with van der Waals surface area (Å²) in [4.78, 5) is 0. The van der Waals surface area contributed by atoms with Crippen LogP contribution in [0.4, 0.5) is 0 Å². The second-order valence-corrected chi connectivity index (χ2v) is 2.48. The van der Waals surface area contributed by atoms with Crippen molar-refractivity contribution in [2.45, 2.75) is 25.8 Å². The van der Waals surface area contributed by atoms with Crippen molar-refractivity contribution in [1.29, 1.82) is 0 Å². The number of hydrogen-bond acceptors (Lipinski definition) is 1. The predicted molar refractivity (Wildman–Crippen MR) is 40.3 cm³/mol. The van der Waals surface area contributed by atoms with Crippen molar-refractivity contribution in [2.24, 2.45) is 5.73 Å². The van der Waals surface area contributed by atoms with Gasteiger partial charge < -0.3 is 5.73 Å². The molecule has 0 spiro atoms. The lowest BCUT2D eigenvalue weighted by Crippen LogP contribution is -2.30. The molecule has 0 aromatic carbocycles. The van der Waals surface area contributed by atoms with Crippen molar-refractivity contribution < 1.29 is 0 Å². The first-order valence-corrected chi connectivity index (χ1v) is 2.46. The lowest BCUT2D eigenvalue weighted by atomic mass is 10.0. The Hall–Kier alpha value is -0.0100. The van der Waals surface area contributed by atoms with E-state index in [0.717, 1.165) is 6.42 Å². The molecule has 0 rings (SSSR count). The first-order valence-electron chi connectivity index (χ1n) is 2.46. The van der Waals surface area contributed by atoms with Crippen LogP contribution in [0.15, 0.2) is 12.7 Å². The molecule has 0 unspecified atom stereocenters. The van der Waals surface area contributed by atoms with E-state index in [4.69, 9.17) is 5.73 Å². The minimum Gasteiger partial charge on any atom is -0.325 e. The number of hydrogen-bond donors (Lipinski definition) is 1. The van der Waals surface area contributed by atoms with Gasteiger partial charge in [0.15, 0.2) is 0 Å². The van der Waals surface area contributed by atoms with Gasteiger partial charge in [-0.1, -0.05) is 6.08 Å². The molecule has 0 heterocycles. The Morgan fingerprint density at radius 2 is 2.00 bits per heavy atom. The van der Waals surface area contributed by atoms with Crippen LogP contribution in [0.25, 0.3) is 0 Å². The van der Waals surface area contributed by atoms with Gasteiger partial charge in [0.1, 0.15) is 0 Å². The predicted octanol–water partition coefficient (Wildman–Crippen LogP) is 1.72. The molecule has 0 aromatic rings. The van der Waals surface area contributed by atoms with Crippen molar-refractivity contribution in [3.05, 3.63) is 12.7 Å². The van der Waals surface area contributed by atoms with Gasteiger partial charge in [-0.3, -0.25) is 0 Å². The lowest BCUT2D eigenvalue weighted by molar-refractivity contribution is 0.528. The Morgan fingerprint density at radius 3 is 2.00 bits per heavy atom.